The fourth-order valence-electron chi connectivity index (χ4n) is 4.48. The molecule has 0 saturated carbocycles. The number of fused-ring (bicyclic) bond motifs is 2. The number of carbonyl (C=O) groups excluding carboxylic acids is 1. The lowest BCUT2D eigenvalue weighted by Crippen LogP contribution is -2.50. The number of hydrogen-bond donors (Lipinski definition) is 2. The van der Waals surface area contributed by atoms with Gasteiger partial charge in [0, 0.05) is 12.7 Å². The molecule has 35 heavy (non-hydrogen) atoms. The van der Waals surface area contributed by atoms with Crippen LogP contribution >= 0.6 is 11.6 Å². The summed E-state index contributed by atoms with van der Waals surface area (Å²) in [5.74, 6) is -4.33. The molecule has 1 fully saturated rings. The molecule has 0 spiro atoms. The maximum absolute atomic E-state index is 15.2. The van der Waals surface area contributed by atoms with Crippen LogP contribution in [0.15, 0.2) is 42.7 Å². The molecule has 2 atom stereocenters. The molecule has 1 amide bonds. The average Bonchev–Trinajstić information content (AvgIpc) is 3.52. The van der Waals surface area contributed by atoms with Gasteiger partial charge < -0.3 is 24.8 Å². The lowest BCUT2D eigenvalue weighted by atomic mass is 10.00. The number of amides is 1. The Hall–Kier alpha value is -2.95. The second kappa shape index (κ2) is 9.60. The van der Waals surface area contributed by atoms with Crippen molar-refractivity contribution in [2.45, 2.75) is 30.9 Å². The normalized spacial score (nSPS) is 17.9. The number of aromatic nitrogens is 2. The molecule has 186 valence electrons. The SMILES string of the molecule is O=C(NC(CN1CCCC1)C(O)c1ccc2c(c1)OCCO2)C(F)(F)c1cc2cc(Cl)cnn2c1. The first-order chi connectivity index (χ1) is 16.8. The van der Waals surface area contributed by atoms with Crippen molar-refractivity contribution in [2.75, 3.05) is 32.8 Å². The van der Waals surface area contributed by atoms with Gasteiger partial charge in [0.15, 0.2) is 11.5 Å². The summed E-state index contributed by atoms with van der Waals surface area (Å²) >= 11 is 5.90. The molecular weight excluding hydrogens is 482 g/mol. The fourth-order valence-corrected chi connectivity index (χ4v) is 4.63. The van der Waals surface area contributed by atoms with Gasteiger partial charge in [-0.15, -0.1) is 0 Å². The number of nitrogens with zero attached hydrogens (tertiary/aromatic N) is 3. The van der Waals surface area contributed by atoms with Crippen LogP contribution in [-0.4, -0.2) is 64.4 Å². The molecule has 2 aromatic heterocycles. The molecule has 2 unspecified atom stereocenters. The second-order valence-electron chi connectivity index (χ2n) is 8.78. The van der Waals surface area contributed by atoms with Crippen LogP contribution in [0.2, 0.25) is 5.02 Å². The third-order valence-electron chi connectivity index (χ3n) is 6.33. The van der Waals surface area contributed by atoms with E-state index in [0.717, 1.165) is 32.1 Å². The summed E-state index contributed by atoms with van der Waals surface area (Å²) in [6, 6.07) is 6.62. The van der Waals surface area contributed by atoms with E-state index in [2.05, 4.69) is 10.4 Å². The summed E-state index contributed by atoms with van der Waals surface area (Å²) in [6.07, 6.45) is 3.14. The first kappa shape index (κ1) is 23.8. The first-order valence-electron chi connectivity index (χ1n) is 11.4. The fraction of sp³-hybridized carbons (Fsp3) is 0.417. The van der Waals surface area contributed by atoms with E-state index in [1.807, 2.05) is 4.90 Å². The number of aliphatic hydroxyl groups is 1. The van der Waals surface area contributed by atoms with E-state index in [1.165, 1.54) is 22.8 Å². The van der Waals surface area contributed by atoms with Gasteiger partial charge in [-0.2, -0.15) is 13.9 Å². The summed E-state index contributed by atoms with van der Waals surface area (Å²) in [6.45, 7) is 2.57. The van der Waals surface area contributed by atoms with Gasteiger partial charge in [-0.25, -0.2) is 4.52 Å². The average molecular weight is 507 g/mol. The molecule has 3 aromatic rings. The molecule has 0 aliphatic carbocycles. The van der Waals surface area contributed by atoms with Crippen molar-refractivity contribution in [2.24, 2.45) is 0 Å². The molecule has 0 bridgehead atoms. The van der Waals surface area contributed by atoms with Crippen molar-refractivity contribution in [3.63, 3.8) is 0 Å². The van der Waals surface area contributed by atoms with Crippen LogP contribution in [0.5, 0.6) is 11.5 Å². The number of likely N-dealkylation sites (tertiary alicyclic amines) is 1. The molecule has 2 aliphatic heterocycles. The van der Waals surface area contributed by atoms with Crippen LogP contribution in [0, 0.1) is 0 Å². The summed E-state index contributed by atoms with van der Waals surface area (Å²) in [5, 5.41) is 17.8. The first-order valence-corrected chi connectivity index (χ1v) is 11.8. The Kier molecular flexibility index (Phi) is 6.52. The van der Waals surface area contributed by atoms with Crippen LogP contribution in [0.4, 0.5) is 8.78 Å². The van der Waals surface area contributed by atoms with Crippen molar-refractivity contribution >= 4 is 23.0 Å². The minimum Gasteiger partial charge on any atom is -0.486 e. The molecule has 8 nitrogen and oxygen atoms in total. The summed E-state index contributed by atoms with van der Waals surface area (Å²) in [4.78, 5) is 14.9. The van der Waals surface area contributed by atoms with E-state index in [0.29, 0.717) is 40.8 Å². The monoisotopic (exact) mass is 506 g/mol. The highest BCUT2D eigenvalue weighted by atomic mass is 35.5. The predicted molar refractivity (Wildman–Crippen MR) is 124 cm³/mol. The van der Waals surface area contributed by atoms with E-state index in [4.69, 9.17) is 21.1 Å². The van der Waals surface area contributed by atoms with Gasteiger partial charge in [0.05, 0.1) is 28.3 Å². The Balaban J connectivity index is 1.39. The molecule has 1 saturated heterocycles. The van der Waals surface area contributed by atoms with E-state index < -0.39 is 29.5 Å². The van der Waals surface area contributed by atoms with Gasteiger partial charge in [0.1, 0.15) is 19.3 Å². The molecule has 2 aliphatic rings. The topological polar surface area (TPSA) is 88.3 Å². The Bertz CT molecular complexity index is 1230. The lowest BCUT2D eigenvalue weighted by molar-refractivity contribution is -0.149. The van der Waals surface area contributed by atoms with Gasteiger partial charge in [-0.1, -0.05) is 17.7 Å². The molecule has 2 N–H and O–H groups in total. The van der Waals surface area contributed by atoms with Crippen molar-refractivity contribution < 1.29 is 28.2 Å². The smallest absolute Gasteiger partial charge is 0.351 e. The van der Waals surface area contributed by atoms with Crippen LogP contribution in [0.25, 0.3) is 5.52 Å². The molecule has 5 rings (SSSR count). The zero-order valence-electron chi connectivity index (χ0n) is 18.8. The molecular formula is C24H25ClF2N4O4. The highest BCUT2D eigenvalue weighted by Gasteiger charge is 2.44. The van der Waals surface area contributed by atoms with Crippen molar-refractivity contribution in [1.29, 1.82) is 0 Å². The maximum atomic E-state index is 15.2. The minimum absolute atomic E-state index is 0.229. The second-order valence-corrected chi connectivity index (χ2v) is 9.22. The quantitative estimate of drug-likeness (QED) is 0.512. The summed E-state index contributed by atoms with van der Waals surface area (Å²) < 4.78 is 42.8. The standard InChI is InChI=1S/C24H25ClF2N4O4/c25-17-11-18-10-16(13-31(18)28-12-17)24(26,27)23(33)29-19(14-30-5-1-2-6-30)22(32)15-3-4-20-21(9-15)35-8-7-34-20/h3-4,9-13,19,22,32H,1-2,5-8,14H2,(H,29,33). The van der Waals surface area contributed by atoms with Crippen LogP contribution < -0.4 is 14.8 Å². The summed E-state index contributed by atoms with van der Waals surface area (Å²) in [7, 11) is 0. The number of alkyl halides is 2. The van der Waals surface area contributed by atoms with Gasteiger partial charge in [-0.3, -0.25) is 4.79 Å². The van der Waals surface area contributed by atoms with Gasteiger partial charge >= 0.3 is 5.92 Å². The number of nitrogens with one attached hydrogen (secondary N) is 1. The Morgan fingerprint density at radius 3 is 2.69 bits per heavy atom. The molecule has 0 radical (unpaired) electrons. The molecule has 4 heterocycles. The lowest BCUT2D eigenvalue weighted by Gasteiger charge is -2.30. The molecule has 11 heteroatoms. The van der Waals surface area contributed by atoms with E-state index in [9.17, 15) is 9.90 Å². The summed E-state index contributed by atoms with van der Waals surface area (Å²) in [5.41, 5.74) is 0.263. The highest BCUT2D eigenvalue weighted by molar-refractivity contribution is 6.30. The van der Waals surface area contributed by atoms with Gasteiger partial charge in [0.2, 0.25) is 0 Å². The van der Waals surface area contributed by atoms with Crippen molar-refractivity contribution in [3.8, 4) is 11.5 Å². The Labute approximate surface area is 205 Å². The van der Waals surface area contributed by atoms with Crippen LogP contribution in [0.1, 0.15) is 30.1 Å². The van der Waals surface area contributed by atoms with Crippen molar-refractivity contribution in [1.82, 2.24) is 19.8 Å². The van der Waals surface area contributed by atoms with E-state index >= 15 is 8.78 Å². The van der Waals surface area contributed by atoms with E-state index in [-0.39, 0.29) is 6.54 Å². The van der Waals surface area contributed by atoms with Crippen LogP contribution in [0.3, 0.4) is 0 Å². The Morgan fingerprint density at radius 1 is 1.17 bits per heavy atom. The largest absolute Gasteiger partial charge is 0.486 e. The van der Waals surface area contributed by atoms with Crippen LogP contribution in [-0.2, 0) is 10.7 Å². The van der Waals surface area contributed by atoms with Gasteiger partial charge in [0.25, 0.3) is 5.91 Å². The molecule has 1 aromatic carbocycles. The zero-order chi connectivity index (χ0) is 24.6. The van der Waals surface area contributed by atoms with Crippen molar-refractivity contribution in [3.05, 3.63) is 58.9 Å². The number of aliphatic hydroxyl groups excluding tert-OH is 1. The minimum atomic E-state index is -3.85. The number of hydrogen-bond acceptors (Lipinski definition) is 6. The number of ether oxygens (including phenoxy) is 2. The number of rotatable bonds is 7. The van der Waals surface area contributed by atoms with E-state index in [1.54, 1.807) is 18.2 Å². The third kappa shape index (κ3) is 4.91. The zero-order valence-corrected chi connectivity index (χ0v) is 19.5. The van der Waals surface area contributed by atoms with Gasteiger partial charge in [-0.05, 0) is 55.8 Å². The predicted octanol–water partition coefficient (Wildman–Crippen LogP) is 3.16. The Morgan fingerprint density at radius 2 is 1.91 bits per heavy atom. The number of halogens is 3. The maximum Gasteiger partial charge on any atom is 0.351 e. The highest BCUT2D eigenvalue weighted by Crippen LogP contribution is 2.35. The number of carbonyl (C=O) groups is 1. The third-order valence-corrected chi connectivity index (χ3v) is 6.53. The number of benzene rings is 1.